The summed E-state index contributed by atoms with van der Waals surface area (Å²) in [7, 11) is 0. The Morgan fingerprint density at radius 3 is 2.68 bits per heavy atom. The van der Waals surface area contributed by atoms with Gasteiger partial charge in [0.05, 0.1) is 5.25 Å². The maximum Gasteiger partial charge on any atom is 0.233 e. The highest BCUT2D eigenvalue weighted by atomic mass is 32.1. The number of carbonyl (C=O) groups excluding carboxylic acids is 1. The van der Waals surface area contributed by atoms with Crippen LogP contribution >= 0.6 is 12.6 Å². The molecule has 1 aromatic rings. The first-order valence-corrected chi connectivity index (χ1v) is 7.50. The van der Waals surface area contributed by atoms with Crippen molar-refractivity contribution in [1.82, 2.24) is 5.32 Å². The van der Waals surface area contributed by atoms with Crippen LogP contribution in [0.1, 0.15) is 38.7 Å². The van der Waals surface area contributed by atoms with Crippen LogP contribution in [0.15, 0.2) is 30.3 Å². The van der Waals surface area contributed by atoms with Gasteiger partial charge in [-0.05, 0) is 36.7 Å². The molecule has 0 saturated heterocycles. The fraction of sp³-hybridized carbons (Fsp3) is 0.562. The SMILES string of the molecule is CC1(C)CCC(NC(=O)C(S)Cc2ccccc2)C1. The van der Waals surface area contributed by atoms with E-state index in [4.69, 9.17) is 0 Å². The van der Waals surface area contributed by atoms with Gasteiger partial charge in [-0.15, -0.1) is 0 Å². The average molecular weight is 277 g/mol. The molecule has 2 nitrogen and oxygen atoms in total. The summed E-state index contributed by atoms with van der Waals surface area (Å²) in [5.74, 6) is 0.0647. The number of thiol groups is 1. The van der Waals surface area contributed by atoms with E-state index >= 15 is 0 Å². The quantitative estimate of drug-likeness (QED) is 0.813. The lowest BCUT2D eigenvalue weighted by atomic mass is 9.92. The average Bonchev–Trinajstić information content (AvgIpc) is 2.70. The van der Waals surface area contributed by atoms with E-state index in [1.165, 1.54) is 6.42 Å². The van der Waals surface area contributed by atoms with E-state index in [1.54, 1.807) is 0 Å². The Balaban J connectivity index is 1.83. The molecule has 0 spiro atoms. The standard InChI is InChI=1S/C16H23NOS/c1-16(2)9-8-13(11-16)17-15(18)14(19)10-12-6-4-3-5-7-12/h3-7,13-14,19H,8-11H2,1-2H3,(H,17,18). The van der Waals surface area contributed by atoms with Gasteiger partial charge in [0.2, 0.25) is 5.91 Å². The third-order valence-electron chi connectivity index (χ3n) is 3.89. The Kier molecular flexibility index (Phi) is 4.56. The van der Waals surface area contributed by atoms with Gasteiger partial charge in [-0.3, -0.25) is 4.79 Å². The van der Waals surface area contributed by atoms with Crippen molar-refractivity contribution < 1.29 is 4.79 Å². The third-order valence-corrected chi connectivity index (χ3v) is 4.31. The van der Waals surface area contributed by atoms with E-state index in [9.17, 15) is 4.79 Å². The summed E-state index contributed by atoms with van der Waals surface area (Å²) in [5, 5.41) is 2.88. The van der Waals surface area contributed by atoms with Gasteiger partial charge in [-0.2, -0.15) is 12.6 Å². The van der Waals surface area contributed by atoms with Crippen LogP contribution in [0.3, 0.4) is 0 Å². The summed E-state index contributed by atoms with van der Waals surface area (Å²) in [6.07, 6.45) is 4.04. The molecule has 0 bridgehead atoms. The van der Waals surface area contributed by atoms with E-state index in [0.29, 0.717) is 17.9 Å². The minimum atomic E-state index is -0.258. The van der Waals surface area contributed by atoms with Crippen LogP contribution in [-0.2, 0) is 11.2 Å². The lowest BCUT2D eigenvalue weighted by molar-refractivity contribution is -0.121. The van der Waals surface area contributed by atoms with Crippen molar-refractivity contribution in [3.63, 3.8) is 0 Å². The zero-order valence-corrected chi connectivity index (χ0v) is 12.6. The van der Waals surface area contributed by atoms with Gasteiger partial charge < -0.3 is 5.32 Å². The van der Waals surface area contributed by atoms with Crippen molar-refractivity contribution >= 4 is 18.5 Å². The first-order valence-electron chi connectivity index (χ1n) is 6.99. The number of nitrogens with one attached hydrogen (secondary N) is 1. The monoisotopic (exact) mass is 277 g/mol. The molecule has 1 aromatic carbocycles. The molecule has 3 heteroatoms. The Bertz CT molecular complexity index is 430. The topological polar surface area (TPSA) is 29.1 Å². The fourth-order valence-corrected chi connectivity index (χ4v) is 3.07. The number of amides is 1. The number of rotatable bonds is 4. The molecule has 2 rings (SSSR count). The molecule has 1 aliphatic carbocycles. The van der Waals surface area contributed by atoms with E-state index < -0.39 is 0 Å². The predicted molar refractivity (Wildman–Crippen MR) is 82.5 cm³/mol. The molecule has 0 aliphatic heterocycles. The molecule has 0 heterocycles. The van der Waals surface area contributed by atoms with Gasteiger partial charge in [0.15, 0.2) is 0 Å². The summed E-state index contributed by atoms with van der Waals surface area (Å²) in [5.41, 5.74) is 1.52. The molecule has 19 heavy (non-hydrogen) atoms. The van der Waals surface area contributed by atoms with Crippen molar-refractivity contribution in [2.75, 3.05) is 0 Å². The second-order valence-corrected chi connectivity index (χ2v) is 6.94. The van der Waals surface area contributed by atoms with E-state index in [1.807, 2.05) is 30.3 Å². The van der Waals surface area contributed by atoms with Gasteiger partial charge in [0.1, 0.15) is 0 Å². The molecule has 2 unspecified atom stereocenters. The molecule has 0 radical (unpaired) electrons. The zero-order valence-electron chi connectivity index (χ0n) is 11.7. The Morgan fingerprint density at radius 1 is 1.42 bits per heavy atom. The predicted octanol–water partition coefficient (Wildman–Crippen LogP) is 3.22. The first-order chi connectivity index (χ1) is 8.96. The first kappa shape index (κ1) is 14.4. The highest BCUT2D eigenvalue weighted by Gasteiger charge is 2.32. The molecule has 1 aliphatic rings. The van der Waals surface area contributed by atoms with E-state index in [0.717, 1.165) is 18.4 Å². The van der Waals surface area contributed by atoms with Crippen molar-refractivity contribution in [2.24, 2.45) is 5.41 Å². The molecular weight excluding hydrogens is 254 g/mol. The molecule has 104 valence electrons. The number of carbonyl (C=O) groups is 1. The van der Waals surface area contributed by atoms with Crippen molar-refractivity contribution in [2.45, 2.75) is 50.8 Å². The Morgan fingerprint density at radius 2 is 2.11 bits per heavy atom. The second-order valence-electron chi connectivity index (χ2n) is 6.32. The maximum atomic E-state index is 12.1. The highest BCUT2D eigenvalue weighted by molar-refractivity contribution is 7.81. The van der Waals surface area contributed by atoms with Gasteiger partial charge in [-0.25, -0.2) is 0 Å². The smallest absolute Gasteiger partial charge is 0.233 e. The van der Waals surface area contributed by atoms with Gasteiger partial charge in [0.25, 0.3) is 0 Å². The minimum Gasteiger partial charge on any atom is -0.352 e. The van der Waals surface area contributed by atoms with Gasteiger partial charge in [-0.1, -0.05) is 44.2 Å². The summed E-state index contributed by atoms with van der Waals surface area (Å²) >= 11 is 4.44. The van der Waals surface area contributed by atoms with Crippen LogP contribution in [0.4, 0.5) is 0 Å². The molecule has 1 N–H and O–H groups in total. The van der Waals surface area contributed by atoms with Crippen LogP contribution in [0.25, 0.3) is 0 Å². The number of benzene rings is 1. The van der Waals surface area contributed by atoms with Gasteiger partial charge >= 0.3 is 0 Å². The number of hydrogen-bond acceptors (Lipinski definition) is 2. The van der Waals surface area contributed by atoms with Crippen LogP contribution in [-0.4, -0.2) is 17.2 Å². The molecule has 0 aromatic heterocycles. The zero-order chi connectivity index (χ0) is 13.9. The summed E-state index contributed by atoms with van der Waals surface area (Å²) in [6.45, 7) is 4.53. The molecule has 1 fully saturated rings. The van der Waals surface area contributed by atoms with E-state index in [-0.39, 0.29) is 11.2 Å². The van der Waals surface area contributed by atoms with Crippen molar-refractivity contribution in [1.29, 1.82) is 0 Å². The summed E-state index contributed by atoms with van der Waals surface area (Å²) in [6, 6.07) is 10.4. The van der Waals surface area contributed by atoms with Crippen LogP contribution in [0.5, 0.6) is 0 Å². The summed E-state index contributed by atoms with van der Waals surface area (Å²) < 4.78 is 0. The van der Waals surface area contributed by atoms with Crippen molar-refractivity contribution in [3.05, 3.63) is 35.9 Å². The molecule has 1 saturated carbocycles. The Hall–Kier alpha value is -0.960. The van der Waals surface area contributed by atoms with Crippen LogP contribution < -0.4 is 5.32 Å². The normalized spacial score (nSPS) is 23.0. The molecular formula is C16H23NOS. The van der Waals surface area contributed by atoms with E-state index in [2.05, 4.69) is 31.8 Å². The van der Waals surface area contributed by atoms with Crippen LogP contribution in [0, 0.1) is 5.41 Å². The maximum absolute atomic E-state index is 12.1. The lowest BCUT2D eigenvalue weighted by Crippen LogP contribution is -2.39. The minimum absolute atomic E-state index is 0.0647. The molecule has 1 amide bonds. The third kappa shape index (κ3) is 4.27. The highest BCUT2D eigenvalue weighted by Crippen LogP contribution is 2.36. The Labute approximate surface area is 121 Å². The largest absolute Gasteiger partial charge is 0.352 e. The summed E-state index contributed by atoms with van der Waals surface area (Å²) in [4.78, 5) is 12.1. The number of hydrogen-bond donors (Lipinski definition) is 2. The fourth-order valence-electron chi connectivity index (χ4n) is 2.79. The van der Waals surface area contributed by atoms with Crippen LogP contribution in [0.2, 0.25) is 0 Å². The second kappa shape index (κ2) is 6.00. The lowest BCUT2D eigenvalue weighted by Gasteiger charge is -2.19. The van der Waals surface area contributed by atoms with Crippen molar-refractivity contribution in [3.8, 4) is 0 Å². The van der Waals surface area contributed by atoms with Gasteiger partial charge in [0, 0.05) is 6.04 Å². The molecule has 2 atom stereocenters.